The monoisotopic (exact) mass is 840 g/mol. The predicted molar refractivity (Wildman–Crippen MR) is 230 cm³/mol. The topological polar surface area (TPSA) is 142 Å². The first kappa shape index (κ1) is 43.0. The van der Waals surface area contributed by atoms with Gasteiger partial charge in [-0.25, -0.2) is 4.79 Å². The summed E-state index contributed by atoms with van der Waals surface area (Å²) >= 11 is 0. The fraction of sp³-hybridized carbons (Fsp3) is 0.706. The molecule has 13 atom stereocenters. The second-order valence-electron chi connectivity index (χ2n) is 21.3. The number of fused-ring (bicyclic) bond motifs is 5. The van der Waals surface area contributed by atoms with Gasteiger partial charge < -0.3 is 34.6 Å². The standard InChI is InChI=1S/C51H70N2O8/c1-32(40-19-20-41-47-42(30-44(56)50(40,41)3)49(2)23-22-38(54)26-35(49)27-43(47)55)16-21-45(57)52-31-46(58)61-51(33-12-6-4-7-13-33,34-14-8-5-9-15-34)48(59)60-39-28-36-17-18-37(29-39)53(36)24-10-11-25-53/h4-9,12-15,32,35-44,47,54-56H,10-11,16-31H2,1-3H3/p+1/t32-,35?,36?,37?,38-,39?,40?,41?,42?,43-,44+,47?,49+,50-/m1/s1. The Kier molecular flexibility index (Phi) is 11.7. The van der Waals surface area contributed by atoms with Crippen LogP contribution in [0.2, 0.25) is 0 Å². The second-order valence-corrected chi connectivity index (χ2v) is 21.3. The molecule has 4 N–H and O–H groups in total. The summed E-state index contributed by atoms with van der Waals surface area (Å²) in [6.45, 7) is 8.81. The third-order valence-corrected chi connectivity index (χ3v) is 18.7. The third-order valence-electron chi connectivity index (χ3n) is 18.7. The lowest BCUT2D eigenvalue weighted by Gasteiger charge is -2.63. The summed E-state index contributed by atoms with van der Waals surface area (Å²) in [5.41, 5.74) is -1.21. The van der Waals surface area contributed by atoms with E-state index in [-0.39, 0.29) is 70.9 Å². The van der Waals surface area contributed by atoms with Crippen molar-refractivity contribution >= 4 is 17.8 Å². The lowest BCUT2D eigenvalue weighted by atomic mass is 9.43. The van der Waals surface area contributed by atoms with E-state index in [4.69, 9.17) is 9.47 Å². The predicted octanol–water partition coefficient (Wildman–Crippen LogP) is 6.81. The van der Waals surface area contributed by atoms with E-state index >= 15 is 0 Å². The van der Waals surface area contributed by atoms with Gasteiger partial charge >= 0.3 is 11.9 Å². The van der Waals surface area contributed by atoms with Gasteiger partial charge in [-0.1, -0.05) is 81.4 Å². The van der Waals surface area contributed by atoms with Crippen LogP contribution in [-0.4, -0.2) is 93.8 Å². The van der Waals surface area contributed by atoms with Gasteiger partial charge in [-0.15, -0.1) is 0 Å². The molecule has 10 heteroatoms. The molecule has 2 aromatic rings. The first-order valence-electron chi connectivity index (χ1n) is 24.0. The van der Waals surface area contributed by atoms with Gasteiger partial charge in [-0.2, -0.15) is 0 Å². The Hall–Kier alpha value is -3.31. The zero-order valence-electron chi connectivity index (χ0n) is 36.8. The van der Waals surface area contributed by atoms with Gasteiger partial charge in [0, 0.05) is 56.1 Å². The van der Waals surface area contributed by atoms with Gasteiger partial charge in [0.1, 0.15) is 12.6 Å². The van der Waals surface area contributed by atoms with Crippen molar-refractivity contribution in [2.45, 2.75) is 159 Å². The van der Waals surface area contributed by atoms with Gasteiger partial charge in [0.05, 0.1) is 43.5 Å². The number of carbonyl (C=O) groups is 3. The van der Waals surface area contributed by atoms with E-state index in [1.54, 1.807) is 24.3 Å². The average molecular weight is 840 g/mol. The number of hydrogen-bond acceptors (Lipinski definition) is 8. The first-order chi connectivity index (χ1) is 29.3. The Morgan fingerprint density at radius 1 is 0.820 bits per heavy atom. The van der Waals surface area contributed by atoms with Gasteiger partial charge in [0.15, 0.2) is 0 Å². The summed E-state index contributed by atoms with van der Waals surface area (Å²) in [6.07, 6.45) is 11.6. The van der Waals surface area contributed by atoms with Gasteiger partial charge in [0.2, 0.25) is 5.91 Å². The minimum Gasteiger partial charge on any atom is -0.458 e. The van der Waals surface area contributed by atoms with E-state index < -0.39 is 36.3 Å². The van der Waals surface area contributed by atoms with Crippen LogP contribution in [0.1, 0.15) is 128 Å². The molecule has 0 radical (unpaired) electrons. The number of amides is 1. The number of carbonyl (C=O) groups excluding carboxylic acids is 3. The number of rotatable bonds is 11. The van der Waals surface area contributed by atoms with E-state index in [1.807, 2.05) is 36.4 Å². The molecular formula is C51H71N2O8+. The average Bonchev–Trinajstić information content (AvgIpc) is 3.93. The number of nitrogens with one attached hydrogen (secondary N) is 1. The van der Waals surface area contributed by atoms with Crippen LogP contribution in [0.4, 0.5) is 0 Å². The molecule has 332 valence electrons. The normalized spacial score (nSPS) is 39.1. The number of piperidine rings is 1. The van der Waals surface area contributed by atoms with Crippen LogP contribution in [0, 0.1) is 46.3 Å². The summed E-state index contributed by atoms with van der Waals surface area (Å²) < 4.78 is 14.0. The molecule has 3 heterocycles. The zero-order valence-corrected chi connectivity index (χ0v) is 36.8. The van der Waals surface area contributed by atoms with E-state index in [1.165, 1.54) is 30.4 Å². The summed E-state index contributed by atoms with van der Waals surface area (Å²) in [5.74, 6) is -0.413. The molecular weight excluding hydrogens is 769 g/mol. The van der Waals surface area contributed by atoms with Crippen molar-refractivity contribution in [1.29, 1.82) is 0 Å². The van der Waals surface area contributed by atoms with Crippen molar-refractivity contribution in [2.24, 2.45) is 46.3 Å². The number of aliphatic hydroxyl groups excluding tert-OH is 3. The van der Waals surface area contributed by atoms with Crippen LogP contribution >= 0.6 is 0 Å². The lowest BCUT2D eigenvalue weighted by molar-refractivity contribution is -0.956. The quantitative estimate of drug-likeness (QED) is 0.143. The molecule has 3 aliphatic heterocycles. The Morgan fingerprint density at radius 2 is 1.46 bits per heavy atom. The second kappa shape index (κ2) is 16.7. The zero-order chi connectivity index (χ0) is 42.7. The molecule has 7 aliphatic rings. The highest BCUT2D eigenvalue weighted by atomic mass is 16.6. The largest absolute Gasteiger partial charge is 0.458 e. The minimum absolute atomic E-state index is 0.0175. The fourth-order valence-corrected chi connectivity index (χ4v) is 15.6. The molecule has 61 heavy (non-hydrogen) atoms. The summed E-state index contributed by atoms with van der Waals surface area (Å²) in [7, 11) is 0. The number of benzene rings is 2. The van der Waals surface area contributed by atoms with Crippen molar-refractivity contribution in [3.8, 4) is 0 Å². The van der Waals surface area contributed by atoms with Crippen molar-refractivity contribution in [2.75, 3.05) is 19.6 Å². The number of esters is 2. The van der Waals surface area contributed by atoms with Crippen molar-refractivity contribution in [3.05, 3.63) is 71.8 Å². The lowest BCUT2D eigenvalue weighted by Crippen LogP contribution is -2.62. The smallest absolute Gasteiger partial charge is 0.360 e. The van der Waals surface area contributed by atoms with E-state index in [2.05, 4.69) is 26.1 Å². The molecule has 3 saturated heterocycles. The van der Waals surface area contributed by atoms with E-state index in [9.17, 15) is 29.7 Å². The molecule has 2 aromatic carbocycles. The molecule has 1 amide bonds. The van der Waals surface area contributed by atoms with E-state index in [0.29, 0.717) is 36.1 Å². The SMILES string of the molecule is C[C@H](CCC(=O)NCC(=O)OC(C(=O)OC1CC2CCC(C1)[N+]21CCCC1)(c1ccccc1)c1ccccc1)C1CCC2C3C(C[C@H](O)[C@@]21C)[C@@]1(C)CC[C@@H](O)CC1C[C@H]3O. The Balaban J connectivity index is 0.849. The number of nitrogens with zero attached hydrogens (tertiary/aromatic N) is 1. The molecule has 7 fully saturated rings. The van der Waals surface area contributed by atoms with Crippen LogP contribution in [-0.2, 0) is 29.5 Å². The maximum Gasteiger partial charge on any atom is 0.360 e. The van der Waals surface area contributed by atoms with Gasteiger partial charge in [-0.3, -0.25) is 9.59 Å². The fourth-order valence-electron chi connectivity index (χ4n) is 15.6. The number of quaternary nitrogens is 1. The van der Waals surface area contributed by atoms with Crippen molar-refractivity contribution < 1.29 is 43.7 Å². The molecule has 0 aromatic heterocycles. The maximum atomic E-state index is 14.8. The summed E-state index contributed by atoms with van der Waals surface area (Å²) in [4.78, 5) is 42.2. The van der Waals surface area contributed by atoms with Crippen LogP contribution in [0.3, 0.4) is 0 Å². The van der Waals surface area contributed by atoms with Crippen molar-refractivity contribution in [3.63, 3.8) is 0 Å². The molecule has 4 saturated carbocycles. The number of aliphatic hydroxyl groups is 3. The molecule has 2 bridgehead atoms. The molecule has 9 rings (SSSR count). The third kappa shape index (κ3) is 7.27. The molecule has 7 unspecified atom stereocenters. The molecule has 1 spiro atoms. The van der Waals surface area contributed by atoms with Crippen LogP contribution < -0.4 is 5.32 Å². The van der Waals surface area contributed by atoms with Gasteiger partial charge in [-0.05, 0) is 97.7 Å². The van der Waals surface area contributed by atoms with Crippen LogP contribution in [0.15, 0.2) is 60.7 Å². The minimum atomic E-state index is -1.86. The van der Waals surface area contributed by atoms with Crippen LogP contribution in [0.25, 0.3) is 0 Å². The van der Waals surface area contributed by atoms with Gasteiger partial charge in [0.25, 0.3) is 5.60 Å². The van der Waals surface area contributed by atoms with Crippen LogP contribution in [0.5, 0.6) is 0 Å². The Bertz CT molecular complexity index is 1850. The Labute approximate surface area is 362 Å². The Morgan fingerprint density at radius 3 is 2.10 bits per heavy atom. The summed E-state index contributed by atoms with van der Waals surface area (Å²) in [6, 6.07) is 19.2. The molecule has 4 aliphatic carbocycles. The van der Waals surface area contributed by atoms with E-state index in [0.717, 1.165) is 64.2 Å². The van der Waals surface area contributed by atoms with Crippen molar-refractivity contribution in [1.82, 2.24) is 5.32 Å². The highest BCUT2D eigenvalue weighted by molar-refractivity contribution is 5.90. The highest BCUT2D eigenvalue weighted by Gasteiger charge is 2.66. The first-order valence-corrected chi connectivity index (χ1v) is 24.0. The summed E-state index contributed by atoms with van der Waals surface area (Å²) in [5, 5.41) is 37.0. The highest BCUT2D eigenvalue weighted by Crippen LogP contribution is 2.68. The number of hydrogen-bond donors (Lipinski definition) is 4. The maximum absolute atomic E-state index is 14.8. The molecule has 10 nitrogen and oxygen atoms in total. The number of ether oxygens (including phenoxy) is 2.